The van der Waals surface area contributed by atoms with E-state index in [-0.39, 0.29) is 18.8 Å². The van der Waals surface area contributed by atoms with Gasteiger partial charge in [-0.1, -0.05) is 30.3 Å². The highest BCUT2D eigenvalue weighted by atomic mass is 19.1. The Kier molecular flexibility index (Phi) is 4.12. The molecule has 3 nitrogen and oxygen atoms in total. The highest BCUT2D eigenvalue weighted by molar-refractivity contribution is 5.87. The molecule has 100 valence electrons. The molecule has 0 radical (unpaired) electrons. The normalized spacial score (nSPS) is 12.4. The Labute approximate surface area is 110 Å². The van der Waals surface area contributed by atoms with Crippen molar-refractivity contribution < 1.29 is 19.0 Å². The average Bonchev–Trinajstić information content (AvgIpc) is 2.39. The van der Waals surface area contributed by atoms with Crippen molar-refractivity contribution in [1.82, 2.24) is 0 Å². The monoisotopic (exact) mass is 262 g/mol. The van der Waals surface area contributed by atoms with E-state index < -0.39 is 12.1 Å². The van der Waals surface area contributed by atoms with Gasteiger partial charge in [-0.15, -0.1) is 0 Å². The van der Waals surface area contributed by atoms with E-state index in [1.54, 1.807) is 31.2 Å². The predicted octanol–water partition coefficient (Wildman–Crippen LogP) is 2.97. The first-order valence-electron chi connectivity index (χ1n) is 6.14. The van der Waals surface area contributed by atoms with Gasteiger partial charge in [0.1, 0.15) is 5.82 Å². The second kappa shape index (κ2) is 5.80. The van der Waals surface area contributed by atoms with E-state index in [9.17, 15) is 14.3 Å². The molecular weight excluding hydrogens is 247 g/mol. The van der Waals surface area contributed by atoms with Gasteiger partial charge in [-0.25, -0.2) is 4.39 Å². The van der Waals surface area contributed by atoms with E-state index in [1.165, 1.54) is 12.1 Å². The van der Waals surface area contributed by atoms with Gasteiger partial charge in [0.05, 0.1) is 19.1 Å². The number of benzene rings is 2. The first-order chi connectivity index (χ1) is 9.13. The molecule has 0 aliphatic heterocycles. The first kappa shape index (κ1) is 13.5. The number of hydrogen-bond donors (Lipinski definition) is 1. The number of carbonyl (C=O) groups excluding carboxylic acids is 1. The molecule has 2 rings (SSSR count). The van der Waals surface area contributed by atoms with Gasteiger partial charge < -0.3 is 9.84 Å². The molecule has 4 heteroatoms. The fourth-order valence-electron chi connectivity index (χ4n) is 2.06. The Bertz CT molecular complexity index is 595. The molecule has 0 saturated heterocycles. The van der Waals surface area contributed by atoms with Crippen molar-refractivity contribution in [3.05, 3.63) is 47.8 Å². The lowest BCUT2D eigenvalue weighted by molar-refractivity contribution is -0.145. The molecule has 0 spiro atoms. The lowest BCUT2D eigenvalue weighted by Crippen LogP contribution is -2.10. The maximum atomic E-state index is 13.6. The Balaban J connectivity index is 2.35. The predicted molar refractivity (Wildman–Crippen MR) is 70.1 cm³/mol. The molecule has 1 unspecified atom stereocenters. The number of halogens is 1. The molecule has 0 aromatic heterocycles. The summed E-state index contributed by atoms with van der Waals surface area (Å²) in [6, 6.07) is 9.66. The summed E-state index contributed by atoms with van der Waals surface area (Å²) in [5, 5.41) is 11.1. The molecule has 1 N–H and O–H groups in total. The summed E-state index contributed by atoms with van der Waals surface area (Å²) in [5.74, 6) is -0.814. The SMILES string of the molecule is CCOC(=O)CC(O)c1ccc(F)c2ccccc12. The van der Waals surface area contributed by atoms with E-state index in [4.69, 9.17) is 4.74 Å². The lowest BCUT2D eigenvalue weighted by Gasteiger charge is -2.13. The molecule has 0 bridgehead atoms. The van der Waals surface area contributed by atoms with Crippen LogP contribution in [0.3, 0.4) is 0 Å². The Morgan fingerprint density at radius 1 is 1.26 bits per heavy atom. The van der Waals surface area contributed by atoms with Gasteiger partial charge in [0.2, 0.25) is 0 Å². The number of aliphatic hydroxyl groups excluding tert-OH is 1. The average molecular weight is 262 g/mol. The molecule has 1 atom stereocenters. The Morgan fingerprint density at radius 2 is 1.95 bits per heavy atom. The van der Waals surface area contributed by atoms with Gasteiger partial charge >= 0.3 is 5.97 Å². The van der Waals surface area contributed by atoms with Crippen molar-refractivity contribution in [2.45, 2.75) is 19.4 Å². The van der Waals surface area contributed by atoms with E-state index >= 15 is 0 Å². The van der Waals surface area contributed by atoms with Gasteiger partial charge in [-0.3, -0.25) is 4.79 Å². The van der Waals surface area contributed by atoms with Crippen molar-refractivity contribution in [2.24, 2.45) is 0 Å². The smallest absolute Gasteiger partial charge is 0.308 e. The van der Waals surface area contributed by atoms with Crippen LogP contribution >= 0.6 is 0 Å². The van der Waals surface area contributed by atoms with Crippen LogP contribution in [0, 0.1) is 5.82 Å². The van der Waals surface area contributed by atoms with E-state index in [0.717, 1.165) is 0 Å². The minimum absolute atomic E-state index is 0.135. The van der Waals surface area contributed by atoms with Crippen LogP contribution in [0.1, 0.15) is 25.0 Å². The number of ether oxygens (including phenoxy) is 1. The summed E-state index contributed by atoms with van der Waals surface area (Å²) >= 11 is 0. The van der Waals surface area contributed by atoms with Crippen molar-refractivity contribution >= 4 is 16.7 Å². The molecule has 2 aromatic rings. The zero-order valence-electron chi connectivity index (χ0n) is 10.6. The van der Waals surface area contributed by atoms with Crippen LogP contribution in [-0.2, 0) is 9.53 Å². The highest BCUT2D eigenvalue weighted by Gasteiger charge is 2.17. The highest BCUT2D eigenvalue weighted by Crippen LogP contribution is 2.28. The zero-order chi connectivity index (χ0) is 13.8. The van der Waals surface area contributed by atoms with Crippen LogP contribution in [0.25, 0.3) is 10.8 Å². The van der Waals surface area contributed by atoms with Crippen molar-refractivity contribution in [3.63, 3.8) is 0 Å². The summed E-state index contributed by atoms with van der Waals surface area (Å²) in [6.07, 6.45) is -1.13. The molecule has 0 fully saturated rings. The zero-order valence-corrected chi connectivity index (χ0v) is 10.6. The number of rotatable bonds is 4. The second-order valence-corrected chi connectivity index (χ2v) is 4.21. The summed E-state index contributed by atoms with van der Waals surface area (Å²) in [4.78, 5) is 11.4. The molecular formula is C15H15FO3. The van der Waals surface area contributed by atoms with Crippen molar-refractivity contribution in [1.29, 1.82) is 0 Å². The van der Waals surface area contributed by atoms with E-state index in [1.807, 2.05) is 0 Å². The van der Waals surface area contributed by atoms with Crippen LogP contribution in [-0.4, -0.2) is 17.7 Å². The summed E-state index contributed by atoms with van der Waals surface area (Å²) in [7, 11) is 0. The molecule has 2 aromatic carbocycles. The number of hydrogen-bond acceptors (Lipinski definition) is 3. The summed E-state index contributed by atoms with van der Waals surface area (Å²) in [6.45, 7) is 1.98. The number of aliphatic hydroxyl groups is 1. The molecule has 19 heavy (non-hydrogen) atoms. The summed E-state index contributed by atoms with van der Waals surface area (Å²) in [5.41, 5.74) is 0.532. The standard InChI is InChI=1S/C15H15FO3/c1-2-19-15(18)9-14(17)12-7-8-13(16)11-6-4-3-5-10(11)12/h3-8,14,17H,2,9H2,1H3. The van der Waals surface area contributed by atoms with E-state index in [0.29, 0.717) is 16.3 Å². The summed E-state index contributed by atoms with van der Waals surface area (Å²) < 4.78 is 18.4. The van der Waals surface area contributed by atoms with Crippen LogP contribution in [0.2, 0.25) is 0 Å². The Hall–Kier alpha value is -1.94. The topological polar surface area (TPSA) is 46.5 Å². The first-order valence-corrected chi connectivity index (χ1v) is 6.14. The van der Waals surface area contributed by atoms with Gasteiger partial charge in [-0.2, -0.15) is 0 Å². The van der Waals surface area contributed by atoms with Gasteiger partial charge in [-0.05, 0) is 23.9 Å². The molecule has 0 aliphatic rings. The fourth-order valence-corrected chi connectivity index (χ4v) is 2.06. The third-order valence-corrected chi connectivity index (χ3v) is 2.93. The van der Waals surface area contributed by atoms with Crippen LogP contribution < -0.4 is 0 Å². The molecule has 0 heterocycles. The number of fused-ring (bicyclic) bond motifs is 1. The van der Waals surface area contributed by atoms with Crippen molar-refractivity contribution in [2.75, 3.05) is 6.61 Å². The number of carbonyl (C=O) groups is 1. The molecule has 0 aliphatic carbocycles. The molecule has 0 saturated carbocycles. The minimum Gasteiger partial charge on any atom is -0.466 e. The minimum atomic E-state index is -0.996. The third-order valence-electron chi connectivity index (χ3n) is 2.93. The van der Waals surface area contributed by atoms with Crippen LogP contribution in [0.4, 0.5) is 4.39 Å². The van der Waals surface area contributed by atoms with Crippen LogP contribution in [0.5, 0.6) is 0 Å². The maximum absolute atomic E-state index is 13.6. The lowest BCUT2D eigenvalue weighted by atomic mass is 9.98. The second-order valence-electron chi connectivity index (χ2n) is 4.21. The quantitative estimate of drug-likeness (QED) is 0.862. The maximum Gasteiger partial charge on any atom is 0.308 e. The van der Waals surface area contributed by atoms with Gasteiger partial charge in [0.15, 0.2) is 0 Å². The van der Waals surface area contributed by atoms with Gasteiger partial charge in [0, 0.05) is 5.39 Å². The van der Waals surface area contributed by atoms with Crippen molar-refractivity contribution in [3.8, 4) is 0 Å². The Morgan fingerprint density at radius 3 is 2.63 bits per heavy atom. The van der Waals surface area contributed by atoms with E-state index in [2.05, 4.69) is 0 Å². The largest absolute Gasteiger partial charge is 0.466 e. The van der Waals surface area contributed by atoms with Crippen LogP contribution in [0.15, 0.2) is 36.4 Å². The number of esters is 1. The van der Waals surface area contributed by atoms with Gasteiger partial charge in [0.25, 0.3) is 0 Å². The molecule has 0 amide bonds. The third kappa shape index (κ3) is 2.90. The fraction of sp³-hybridized carbons (Fsp3) is 0.267.